The van der Waals surface area contributed by atoms with E-state index in [1.54, 1.807) is 37.0 Å². The van der Waals surface area contributed by atoms with E-state index in [0.29, 0.717) is 24.6 Å². The molecule has 0 bridgehead atoms. The summed E-state index contributed by atoms with van der Waals surface area (Å²) < 4.78 is 0. The highest BCUT2D eigenvalue weighted by molar-refractivity contribution is 14.0. The van der Waals surface area contributed by atoms with E-state index in [1.165, 1.54) is 22.1 Å². The van der Waals surface area contributed by atoms with Gasteiger partial charge in [0.05, 0.1) is 4.92 Å². The molecule has 2 N–H and O–H groups in total. The van der Waals surface area contributed by atoms with Crippen molar-refractivity contribution >= 4 is 47.4 Å². The molecule has 0 spiro atoms. The van der Waals surface area contributed by atoms with Gasteiger partial charge in [-0.25, -0.2) is 0 Å². The van der Waals surface area contributed by atoms with E-state index in [9.17, 15) is 10.1 Å². The number of para-hydroxylation sites is 1. The van der Waals surface area contributed by atoms with Crippen LogP contribution in [0.4, 0.5) is 5.69 Å². The van der Waals surface area contributed by atoms with E-state index in [4.69, 9.17) is 0 Å². The number of nitro groups is 1. The Morgan fingerprint density at radius 1 is 1.15 bits per heavy atom. The number of guanidine groups is 1. The lowest BCUT2D eigenvalue weighted by atomic mass is 10.1. The van der Waals surface area contributed by atoms with Gasteiger partial charge in [-0.05, 0) is 30.4 Å². The third-order valence-electron chi connectivity index (χ3n) is 3.75. The van der Waals surface area contributed by atoms with Crippen molar-refractivity contribution in [1.82, 2.24) is 10.6 Å². The van der Waals surface area contributed by atoms with E-state index < -0.39 is 0 Å². The minimum atomic E-state index is -0.371. The van der Waals surface area contributed by atoms with Gasteiger partial charge in [-0.2, -0.15) is 0 Å². The topological polar surface area (TPSA) is 79.6 Å². The van der Waals surface area contributed by atoms with Crippen molar-refractivity contribution in [3.63, 3.8) is 0 Å². The molecule has 0 atom stereocenters. The minimum absolute atomic E-state index is 0. The first-order chi connectivity index (χ1) is 12.0. The van der Waals surface area contributed by atoms with Gasteiger partial charge in [0.2, 0.25) is 0 Å². The molecule has 0 amide bonds. The van der Waals surface area contributed by atoms with Crippen LogP contribution < -0.4 is 10.6 Å². The zero-order valence-electron chi connectivity index (χ0n) is 15.0. The number of nitrogens with one attached hydrogen (secondary N) is 2. The lowest BCUT2D eigenvalue weighted by molar-refractivity contribution is -0.385. The number of thioether (sulfide) groups is 1. The van der Waals surface area contributed by atoms with E-state index in [2.05, 4.69) is 47.0 Å². The number of benzene rings is 2. The number of hydrogen-bond acceptors (Lipinski definition) is 4. The molecule has 26 heavy (non-hydrogen) atoms. The number of rotatable bonds is 6. The maximum absolute atomic E-state index is 11.1. The van der Waals surface area contributed by atoms with Crippen molar-refractivity contribution in [3.05, 3.63) is 69.3 Å². The van der Waals surface area contributed by atoms with Gasteiger partial charge in [-0.1, -0.05) is 30.3 Å². The molecule has 2 aromatic rings. The quantitative estimate of drug-likeness (QED) is 0.161. The van der Waals surface area contributed by atoms with Crippen molar-refractivity contribution in [3.8, 4) is 0 Å². The molecule has 2 aromatic carbocycles. The summed E-state index contributed by atoms with van der Waals surface area (Å²) >= 11 is 1.71. The van der Waals surface area contributed by atoms with Gasteiger partial charge in [0.1, 0.15) is 0 Å². The van der Waals surface area contributed by atoms with Crippen LogP contribution in [0.1, 0.15) is 16.7 Å². The normalized spacial score (nSPS) is 10.8. The average molecular weight is 486 g/mol. The minimum Gasteiger partial charge on any atom is -0.352 e. The Morgan fingerprint density at radius 3 is 2.42 bits per heavy atom. The maximum Gasteiger partial charge on any atom is 0.274 e. The Balaban J connectivity index is 0.00000338. The summed E-state index contributed by atoms with van der Waals surface area (Å²) in [7, 11) is 1.68. The molecule has 140 valence electrons. The number of aryl methyl sites for hydroxylation is 1. The summed E-state index contributed by atoms with van der Waals surface area (Å²) in [6, 6.07) is 13.0. The standard InChI is InChI=1S/C18H22N4O2S.HI/c1-13-8-9-15(17(10-13)25-3)12-21-18(19-2)20-11-14-6-4-5-7-16(14)22(23)24;/h4-10H,11-12H2,1-3H3,(H2,19,20,21);1H. The molecule has 2 rings (SSSR count). The smallest absolute Gasteiger partial charge is 0.274 e. The maximum atomic E-state index is 11.1. The molecule has 0 saturated heterocycles. The van der Waals surface area contributed by atoms with Crippen LogP contribution in [0.3, 0.4) is 0 Å². The summed E-state index contributed by atoms with van der Waals surface area (Å²) in [5.41, 5.74) is 3.14. The van der Waals surface area contributed by atoms with E-state index >= 15 is 0 Å². The Hall–Kier alpha value is -1.81. The fourth-order valence-electron chi connectivity index (χ4n) is 2.41. The summed E-state index contributed by atoms with van der Waals surface area (Å²) in [5.74, 6) is 0.603. The second-order valence-corrected chi connectivity index (χ2v) is 6.33. The number of hydrogen-bond donors (Lipinski definition) is 2. The predicted octanol–water partition coefficient (Wildman–Crippen LogP) is 4.11. The SMILES string of the molecule is CN=C(NCc1ccc(C)cc1SC)NCc1ccccc1[N+](=O)[O-].I. The van der Waals surface area contributed by atoms with Gasteiger partial charge in [0, 0.05) is 36.7 Å². The highest BCUT2D eigenvalue weighted by Gasteiger charge is 2.12. The first-order valence-corrected chi connectivity index (χ1v) is 9.08. The number of halogens is 1. The second kappa shape index (κ2) is 11.0. The zero-order valence-corrected chi connectivity index (χ0v) is 18.1. The Morgan fingerprint density at radius 2 is 1.81 bits per heavy atom. The molecule has 0 aromatic heterocycles. The van der Waals surface area contributed by atoms with E-state index in [-0.39, 0.29) is 34.6 Å². The predicted molar refractivity (Wildman–Crippen MR) is 119 cm³/mol. The highest BCUT2D eigenvalue weighted by atomic mass is 127. The average Bonchev–Trinajstić information content (AvgIpc) is 2.62. The van der Waals surface area contributed by atoms with Gasteiger partial charge in [0.25, 0.3) is 5.69 Å². The van der Waals surface area contributed by atoms with Crippen LogP contribution in [-0.4, -0.2) is 24.2 Å². The first kappa shape index (κ1) is 22.2. The molecule has 6 nitrogen and oxygen atoms in total. The van der Waals surface area contributed by atoms with Gasteiger partial charge in [0.15, 0.2) is 5.96 Å². The van der Waals surface area contributed by atoms with Crippen LogP contribution in [0.25, 0.3) is 0 Å². The lowest BCUT2D eigenvalue weighted by Gasteiger charge is -2.14. The summed E-state index contributed by atoms with van der Waals surface area (Å²) in [6.45, 7) is 3.04. The van der Waals surface area contributed by atoms with Gasteiger partial charge in [-0.15, -0.1) is 35.7 Å². The first-order valence-electron chi connectivity index (χ1n) is 7.85. The molecule has 0 heterocycles. The zero-order chi connectivity index (χ0) is 18.2. The molecular weight excluding hydrogens is 463 g/mol. The van der Waals surface area contributed by atoms with Crippen molar-refractivity contribution in [2.24, 2.45) is 4.99 Å². The second-order valence-electron chi connectivity index (χ2n) is 5.48. The molecular formula is C18H23IN4O2S. The number of aliphatic imine (C=N–C) groups is 1. The summed E-state index contributed by atoms with van der Waals surface area (Å²) in [6.07, 6.45) is 2.06. The van der Waals surface area contributed by atoms with E-state index in [0.717, 1.165) is 0 Å². The molecule has 0 aliphatic rings. The largest absolute Gasteiger partial charge is 0.352 e. The van der Waals surface area contributed by atoms with Crippen LogP contribution in [0, 0.1) is 17.0 Å². The van der Waals surface area contributed by atoms with Gasteiger partial charge >= 0.3 is 0 Å². The third-order valence-corrected chi connectivity index (χ3v) is 4.57. The van der Waals surface area contributed by atoms with Crippen LogP contribution >= 0.6 is 35.7 Å². The molecule has 0 radical (unpaired) electrons. The fraction of sp³-hybridized carbons (Fsp3) is 0.278. The summed E-state index contributed by atoms with van der Waals surface area (Å²) in [5, 5.41) is 17.5. The van der Waals surface area contributed by atoms with Crippen LogP contribution in [0.5, 0.6) is 0 Å². The highest BCUT2D eigenvalue weighted by Crippen LogP contribution is 2.21. The molecule has 0 aliphatic carbocycles. The molecule has 0 fully saturated rings. The van der Waals surface area contributed by atoms with Crippen molar-refractivity contribution in [1.29, 1.82) is 0 Å². The molecule has 0 aliphatic heterocycles. The fourth-order valence-corrected chi connectivity index (χ4v) is 3.12. The summed E-state index contributed by atoms with van der Waals surface area (Å²) in [4.78, 5) is 16.1. The van der Waals surface area contributed by atoms with Gasteiger partial charge in [-0.3, -0.25) is 15.1 Å². The Bertz CT molecular complexity index is 784. The Labute approximate surface area is 175 Å². The van der Waals surface area contributed by atoms with Crippen LogP contribution in [0.2, 0.25) is 0 Å². The third kappa shape index (κ3) is 6.17. The number of nitro benzene ring substituents is 1. The van der Waals surface area contributed by atoms with Gasteiger partial charge < -0.3 is 10.6 Å². The number of nitrogens with zero attached hydrogens (tertiary/aromatic N) is 2. The van der Waals surface area contributed by atoms with Crippen molar-refractivity contribution in [2.75, 3.05) is 13.3 Å². The van der Waals surface area contributed by atoms with Crippen LogP contribution in [-0.2, 0) is 13.1 Å². The van der Waals surface area contributed by atoms with Crippen LogP contribution in [0.15, 0.2) is 52.4 Å². The van der Waals surface area contributed by atoms with E-state index in [1.807, 2.05) is 0 Å². The lowest BCUT2D eigenvalue weighted by Crippen LogP contribution is -2.36. The monoisotopic (exact) mass is 486 g/mol. The molecule has 0 unspecified atom stereocenters. The molecule has 8 heteroatoms. The Kier molecular flexibility index (Phi) is 9.42. The molecule has 0 saturated carbocycles. The van der Waals surface area contributed by atoms with Crippen molar-refractivity contribution in [2.45, 2.75) is 24.9 Å². The van der Waals surface area contributed by atoms with Crippen molar-refractivity contribution < 1.29 is 4.92 Å².